The van der Waals surface area contributed by atoms with Gasteiger partial charge in [0.25, 0.3) is 0 Å². The smallest absolute Gasteiger partial charge is 0.188 e. The standard InChI is InChI=1S/C23H23ClF2O4S/c1-12-13(2)30-19-9-10-23(31(27,28)15-5-3-14(24)4-6-15)16(20(12)19)11-29-22-18(26)8-7-17(25)21(22)23/h3-8,12-13,16,19-20H,9-11H2,1-2H3/t12-,13?,16-,19+,20-,23-/m0/s1. The van der Waals surface area contributed by atoms with Crippen LogP contribution in [0.15, 0.2) is 41.3 Å². The molecule has 2 aromatic rings. The van der Waals surface area contributed by atoms with Gasteiger partial charge in [-0.1, -0.05) is 18.5 Å². The van der Waals surface area contributed by atoms with E-state index in [2.05, 4.69) is 0 Å². The Bertz CT molecular complexity index is 1140. The van der Waals surface area contributed by atoms with E-state index in [0.29, 0.717) is 11.4 Å². The van der Waals surface area contributed by atoms with E-state index in [1.807, 2.05) is 13.8 Å². The SMILES string of the molecule is CC1O[C@@H]2CC[C@@]3(S(=O)(=O)c4ccc(Cl)cc4)c4c(F)ccc(F)c4OC[C@H]3[C@@H]2[C@H]1C. The van der Waals surface area contributed by atoms with E-state index in [9.17, 15) is 12.8 Å². The fourth-order valence-electron chi connectivity index (χ4n) is 5.97. The summed E-state index contributed by atoms with van der Waals surface area (Å²) in [4.78, 5) is 0.0384. The molecule has 0 radical (unpaired) electrons. The summed E-state index contributed by atoms with van der Waals surface area (Å²) in [5.41, 5.74) is -0.191. The lowest BCUT2D eigenvalue weighted by molar-refractivity contribution is -0.0177. The highest BCUT2D eigenvalue weighted by Crippen LogP contribution is 2.61. The monoisotopic (exact) mass is 468 g/mol. The van der Waals surface area contributed by atoms with Crippen molar-refractivity contribution in [3.8, 4) is 5.75 Å². The van der Waals surface area contributed by atoms with Gasteiger partial charge in [-0.25, -0.2) is 17.2 Å². The second-order valence-electron chi connectivity index (χ2n) is 8.85. The molecule has 2 heterocycles. The van der Waals surface area contributed by atoms with Crippen molar-refractivity contribution >= 4 is 21.4 Å². The predicted octanol–water partition coefficient (Wildman–Crippen LogP) is 5.13. The van der Waals surface area contributed by atoms with E-state index >= 15 is 4.39 Å². The van der Waals surface area contributed by atoms with Gasteiger partial charge in [0.05, 0.1) is 29.3 Å². The summed E-state index contributed by atoms with van der Waals surface area (Å²) >= 11 is 5.98. The van der Waals surface area contributed by atoms with Crippen LogP contribution in [0.25, 0.3) is 0 Å². The van der Waals surface area contributed by atoms with E-state index in [4.69, 9.17) is 21.1 Å². The van der Waals surface area contributed by atoms with Gasteiger partial charge in [0.15, 0.2) is 21.4 Å². The first-order valence-electron chi connectivity index (χ1n) is 10.5. The third-order valence-corrected chi connectivity index (χ3v) is 10.3. The van der Waals surface area contributed by atoms with Crippen LogP contribution in [0, 0.1) is 29.4 Å². The van der Waals surface area contributed by atoms with Crippen LogP contribution in [-0.2, 0) is 19.3 Å². The van der Waals surface area contributed by atoms with Crippen molar-refractivity contribution in [2.45, 2.75) is 48.5 Å². The van der Waals surface area contributed by atoms with E-state index < -0.39 is 32.1 Å². The first-order chi connectivity index (χ1) is 14.7. The van der Waals surface area contributed by atoms with Crippen molar-refractivity contribution < 1.29 is 26.7 Å². The van der Waals surface area contributed by atoms with Gasteiger partial charge in [0, 0.05) is 10.9 Å². The summed E-state index contributed by atoms with van der Waals surface area (Å²) in [6, 6.07) is 7.82. The largest absolute Gasteiger partial charge is 0.490 e. The molecule has 1 saturated heterocycles. The van der Waals surface area contributed by atoms with Crippen molar-refractivity contribution in [3.05, 3.63) is 58.6 Å². The quantitative estimate of drug-likeness (QED) is 0.613. The highest BCUT2D eigenvalue weighted by molar-refractivity contribution is 7.92. The van der Waals surface area contributed by atoms with Gasteiger partial charge in [-0.3, -0.25) is 0 Å². The maximum atomic E-state index is 15.3. The van der Waals surface area contributed by atoms with E-state index in [-0.39, 0.29) is 53.3 Å². The van der Waals surface area contributed by atoms with Gasteiger partial charge in [0.1, 0.15) is 10.6 Å². The van der Waals surface area contributed by atoms with Crippen LogP contribution in [0.4, 0.5) is 8.78 Å². The molecule has 0 amide bonds. The molecule has 1 unspecified atom stereocenters. The number of hydrogen-bond donors (Lipinski definition) is 0. The number of hydrogen-bond acceptors (Lipinski definition) is 4. The molecule has 31 heavy (non-hydrogen) atoms. The molecule has 1 saturated carbocycles. The minimum absolute atomic E-state index is 0.0121. The van der Waals surface area contributed by atoms with Gasteiger partial charge < -0.3 is 9.47 Å². The molecule has 2 aliphatic heterocycles. The number of rotatable bonds is 2. The zero-order valence-electron chi connectivity index (χ0n) is 17.1. The van der Waals surface area contributed by atoms with E-state index in [1.165, 1.54) is 24.3 Å². The van der Waals surface area contributed by atoms with E-state index in [1.54, 1.807) is 0 Å². The average Bonchev–Trinajstić information content (AvgIpc) is 3.04. The molecule has 166 valence electrons. The fourth-order valence-corrected chi connectivity index (χ4v) is 8.48. The second kappa shape index (κ2) is 7.15. The lowest BCUT2D eigenvalue weighted by Gasteiger charge is -2.51. The molecule has 8 heteroatoms. The normalized spacial score (nSPS) is 34.4. The van der Waals surface area contributed by atoms with Crippen LogP contribution in [0.3, 0.4) is 0 Å². The minimum Gasteiger partial charge on any atom is -0.490 e. The van der Waals surface area contributed by atoms with Crippen LogP contribution in [0.5, 0.6) is 5.75 Å². The van der Waals surface area contributed by atoms with Crippen molar-refractivity contribution in [3.63, 3.8) is 0 Å². The highest BCUT2D eigenvalue weighted by Gasteiger charge is 2.65. The number of halogens is 3. The van der Waals surface area contributed by atoms with Crippen LogP contribution in [-0.4, -0.2) is 27.2 Å². The lowest BCUT2D eigenvalue weighted by Crippen LogP contribution is -2.57. The summed E-state index contributed by atoms with van der Waals surface area (Å²) in [7, 11) is -4.13. The maximum Gasteiger partial charge on any atom is 0.188 e. The third-order valence-electron chi connectivity index (χ3n) is 7.52. The number of benzene rings is 2. The van der Waals surface area contributed by atoms with Gasteiger partial charge >= 0.3 is 0 Å². The molecule has 0 aromatic heterocycles. The van der Waals surface area contributed by atoms with Crippen molar-refractivity contribution in [2.24, 2.45) is 17.8 Å². The molecule has 4 nitrogen and oxygen atoms in total. The topological polar surface area (TPSA) is 52.6 Å². The van der Waals surface area contributed by atoms with Crippen LogP contribution in [0.1, 0.15) is 32.3 Å². The lowest BCUT2D eigenvalue weighted by atomic mass is 9.63. The molecular weight excluding hydrogens is 446 g/mol. The second-order valence-corrected chi connectivity index (χ2v) is 11.5. The first kappa shape index (κ1) is 21.2. The average molecular weight is 469 g/mol. The molecule has 2 aromatic carbocycles. The Hall–Kier alpha value is -1.70. The van der Waals surface area contributed by atoms with Crippen LogP contribution < -0.4 is 4.74 Å². The summed E-state index contributed by atoms with van der Waals surface area (Å²) < 4.78 is 68.7. The Kier molecular flexibility index (Phi) is 4.88. The Labute approximate surface area is 185 Å². The van der Waals surface area contributed by atoms with Crippen LogP contribution >= 0.6 is 11.6 Å². The molecule has 0 bridgehead atoms. The highest BCUT2D eigenvalue weighted by atomic mass is 35.5. The Morgan fingerprint density at radius 1 is 1.06 bits per heavy atom. The summed E-state index contributed by atoms with van der Waals surface area (Å²) in [5, 5.41) is 0.396. The Morgan fingerprint density at radius 3 is 2.45 bits per heavy atom. The molecule has 2 fully saturated rings. The first-order valence-corrected chi connectivity index (χ1v) is 12.3. The van der Waals surface area contributed by atoms with E-state index in [0.717, 1.165) is 12.1 Å². The summed E-state index contributed by atoms with van der Waals surface area (Å²) in [6.07, 6.45) is 0.381. The van der Waals surface area contributed by atoms with Gasteiger partial charge in [-0.15, -0.1) is 0 Å². The molecule has 0 N–H and O–H groups in total. The molecular formula is C23H23ClF2O4S. The minimum atomic E-state index is -4.13. The van der Waals surface area contributed by atoms with Gasteiger partial charge in [0.2, 0.25) is 0 Å². The number of sulfone groups is 1. The van der Waals surface area contributed by atoms with Crippen molar-refractivity contribution in [1.29, 1.82) is 0 Å². The van der Waals surface area contributed by atoms with Crippen LogP contribution in [0.2, 0.25) is 5.02 Å². The fraction of sp³-hybridized carbons (Fsp3) is 0.478. The van der Waals surface area contributed by atoms with Gasteiger partial charge in [-0.05, 0) is 68.0 Å². The molecule has 1 aliphatic carbocycles. The molecule has 3 aliphatic rings. The zero-order chi connectivity index (χ0) is 22.1. The van der Waals surface area contributed by atoms with Gasteiger partial charge in [-0.2, -0.15) is 0 Å². The number of ether oxygens (including phenoxy) is 2. The van der Waals surface area contributed by atoms with Crippen molar-refractivity contribution in [1.82, 2.24) is 0 Å². The summed E-state index contributed by atoms with van der Waals surface area (Å²) in [5.74, 6) is -2.50. The number of fused-ring (bicyclic) bond motifs is 5. The Balaban J connectivity index is 1.80. The summed E-state index contributed by atoms with van der Waals surface area (Å²) in [6.45, 7) is 3.98. The maximum absolute atomic E-state index is 15.3. The molecule has 5 rings (SSSR count). The third kappa shape index (κ3) is 2.82. The predicted molar refractivity (Wildman–Crippen MR) is 112 cm³/mol. The molecule has 6 atom stereocenters. The Morgan fingerprint density at radius 2 is 1.74 bits per heavy atom. The zero-order valence-corrected chi connectivity index (χ0v) is 18.7. The van der Waals surface area contributed by atoms with Crippen molar-refractivity contribution in [2.75, 3.05) is 6.61 Å². The molecule has 0 spiro atoms.